The van der Waals surface area contributed by atoms with E-state index in [9.17, 15) is 14.4 Å². The largest absolute Gasteiger partial charge is 0.462 e. The van der Waals surface area contributed by atoms with E-state index in [0.29, 0.717) is 19.3 Å². The van der Waals surface area contributed by atoms with Crippen molar-refractivity contribution >= 4 is 17.9 Å². The zero-order chi connectivity index (χ0) is 50.0. The highest BCUT2D eigenvalue weighted by molar-refractivity contribution is 5.71. The third-order valence-electron chi connectivity index (χ3n) is 11.4. The van der Waals surface area contributed by atoms with Crippen LogP contribution in [0.3, 0.4) is 0 Å². The Balaban J connectivity index is 4.42. The molecule has 69 heavy (non-hydrogen) atoms. The van der Waals surface area contributed by atoms with Gasteiger partial charge in [-0.15, -0.1) is 0 Å². The molecular formula is C63H102O6. The van der Waals surface area contributed by atoms with E-state index >= 15 is 0 Å². The van der Waals surface area contributed by atoms with Crippen LogP contribution in [0.5, 0.6) is 0 Å². The van der Waals surface area contributed by atoms with Gasteiger partial charge in [-0.25, -0.2) is 0 Å². The first-order chi connectivity index (χ1) is 34.0. The fourth-order valence-corrected chi connectivity index (χ4v) is 7.26. The predicted molar refractivity (Wildman–Crippen MR) is 297 cm³/mol. The molecule has 1 unspecified atom stereocenters. The van der Waals surface area contributed by atoms with E-state index < -0.39 is 6.10 Å². The van der Waals surface area contributed by atoms with Gasteiger partial charge in [0.2, 0.25) is 0 Å². The van der Waals surface area contributed by atoms with Crippen molar-refractivity contribution in [1.82, 2.24) is 0 Å². The lowest BCUT2D eigenvalue weighted by molar-refractivity contribution is -0.167. The lowest BCUT2D eigenvalue weighted by Gasteiger charge is -2.18. The van der Waals surface area contributed by atoms with Gasteiger partial charge in [-0.2, -0.15) is 0 Å². The molecule has 0 amide bonds. The fourth-order valence-electron chi connectivity index (χ4n) is 7.26. The summed E-state index contributed by atoms with van der Waals surface area (Å²) in [5, 5.41) is 0. The van der Waals surface area contributed by atoms with E-state index in [-0.39, 0.29) is 31.1 Å². The first kappa shape index (κ1) is 64.8. The van der Waals surface area contributed by atoms with Crippen LogP contribution in [0.2, 0.25) is 0 Å². The van der Waals surface area contributed by atoms with Crippen molar-refractivity contribution in [3.8, 4) is 0 Å². The van der Waals surface area contributed by atoms with Crippen LogP contribution >= 0.6 is 0 Å². The summed E-state index contributed by atoms with van der Waals surface area (Å²) in [6, 6.07) is 0. The van der Waals surface area contributed by atoms with Crippen LogP contribution in [-0.4, -0.2) is 37.2 Å². The Hall–Kier alpha value is -4.19. The summed E-state index contributed by atoms with van der Waals surface area (Å²) >= 11 is 0. The van der Waals surface area contributed by atoms with Crippen molar-refractivity contribution in [2.75, 3.05) is 13.2 Å². The molecule has 0 aromatic carbocycles. The van der Waals surface area contributed by atoms with Crippen LogP contribution in [0.25, 0.3) is 0 Å². The number of ether oxygens (including phenoxy) is 3. The van der Waals surface area contributed by atoms with Gasteiger partial charge in [-0.05, 0) is 122 Å². The quantitative estimate of drug-likeness (QED) is 0.0262. The lowest BCUT2D eigenvalue weighted by Crippen LogP contribution is -2.30. The van der Waals surface area contributed by atoms with Crippen molar-refractivity contribution < 1.29 is 28.6 Å². The van der Waals surface area contributed by atoms with Gasteiger partial charge in [-0.3, -0.25) is 14.4 Å². The molecule has 0 spiro atoms. The van der Waals surface area contributed by atoms with Gasteiger partial charge < -0.3 is 14.2 Å². The third kappa shape index (κ3) is 54.6. The molecule has 6 heteroatoms. The SMILES string of the molecule is CC/C=C\C/C=C\C/C=C\C/C=C\C/C=C\C/C=C\CCCCCCC(=O)OCC(COC(=O)CCCCCCC/C=C\CCCC)OC(=O)CCCCCCCCC/C=C\C/C=C\C/C=C\CC. The maximum atomic E-state index is 12.8. The molecular weight excluding hydrogens is 853 g/mol. The highest BCUT2D eigenvalue weighted by atomic mass is 16.6. The zero-order valence-electron chi connectivity index (χ0n) is 44.5. The first-order valence-corrected chi connectivity index (χ1v) is 28.0. The average molecular weight is 956 g/mol. The van der Waals surface area contributed by atoms with Crippen molar-refractivity contribution in [1.29, 1.82) is 0 Å². The van der Waals surface area contributed by atoms with Crippen molar-refractivity contribution in [3.05, 3.63) is 122 Å². The Morgan fingerprint density at radius 1 is 0.304 bits per heavy atom. The van der Waals surface area contributed by atoms with Crippen molar-refractivity contribution in [2.24, 2.45) is 0 Å². The highest BCUT2D eigenvalue weighted by Gasteiger charge is 2.19. The number of carbonyl (C=O) groups excluding carboxylic acids is 3. The third-order valence-corrected chi connectivity index (χ3v) is 11.4. The maximum Gasteiger partial charge on any atom is 0.306 e. The monoisotopic (exact) mass is 955 g/mol. The number of hydrogen-bond acceptors (Lipinski definition) is 6. The molecule has 0 aromatic rings. The van der Waals surface area contributed by atoms with Crippen molar-refractivity contribution in [3.63, 3.8) is 0 Å². The Labute approximate surface area is 424 Å². The molecule has 6 nitrogen and oxygen atoms in total. The molecule has 0 radical (unpaired) electrons. The predicted octanol–water partition coefficient (Wildman–Crippen LogP) is 18.9. The molecule has 0 aliphatic heterocycles. The topological polar surface area (TPSA) is 78.9 Å². The minimum Gasteiger partial charge on any atom is -0.462 e. The van der Waals surface area contributed by atoms with E-state index in [4.69, 9.17) is 14.2 Å². The van der Waals surface area contributed by atoms with Crippen LogP contribution in [0, 0.1) is 0 Å². The van der Waals surface area contributed by atoms with Crippen LogP contribution < -0.4 is 0 Å². The normalized spacial score (nSPS) is 13.0. The van der Waals surface area contributed by atoms with Gasteiger partial charge >= 0.3 is 17.9 Å². The molecule has 390 valence electrons. The Kier molecular flexibility index (Phi) is 53.0. The second-order valence-electron chi connectivity index (χ2n) is 18.1. The fraction of sp³-hybridized carbons (Fsp3) is 0.635. The number of hydrogen-bond donors (Lipinski definition) is 0. The summed E-state index contributed by atoms with van der Waals surface area (Å²) in [5.74, 6) is -0.947. The summed E-state index contributed by atoms with van der Waals surface area (Å²) in [7, 11) is 0. The molecule has 0 bridgehead atoms. The Morgan fingerprint density at radius 2 is 0.565 bits per heavy atom. The second kappa shape index (κ2) is 56.4. The molecule has 0 fully saturated rings. The molecule has 1 atom stereocenters. The lowest BCUT2D eigenvalue weighted by atomic mass is 10.1. The smallest absolute Gasteiger partial charge is 0.306 e. The average Bonchev–Trinajstić information content (AvgIpc) is 3.35. The van der Waals surface area contributed by atoms with Gasteiger partial charge in [0.1, 0.15) is 13.2 Å². The van der Waals surface area contributed by atoms with Crippen LogP contribution in [0.15, 0.2) is 122 Å². The molecule has 0 aliphatic carbocycles. The van der Waals surface area contributed by atoms with E-state index in [1.54, 1.807) is 0 Å². The molecule has 0 saturated carbocycles. The van der Waals surface area contributed by atoms with Crippen LogP contribution in [0.4, 0.5) is 0 Å². The molecule has 0 N–H and O–H groups in total. The Morgan fingerprint density at radius 3 is 0.899 bits per heavy atom. The second-order valence-corrected chi connectivity index (χ2v) is 18.1. The number of rotatable bonds is 49. The molecule has 0 saturated heterocycles. The molecule has 0 aliphatic rings. The standard InChI is InChI=1S/C63H102O6/c1-4-7-10-13-16-19-22-24-26-28-29-30-31-32-33-35-36-38-41-44-47-50-53-56-62(65)68-59-60(58-67-61(64)55-52-49-46-43-40-21-18-15-12-9-6-3)69-63(66)57-54-51-48-45-42-39-37-34-27-25-23-20-17-14-11-8-5-2/h7-8,10-11,15-20,24-27,29-30,32-33,36,38,60H,4-6,9,12-14,21-23,28,31,34-35,37,39-59H2,1-3H3/b10-7-,11-8-,18-15-,19-16-,20-17-,26-24-,27-25-,30-29-,33-32-,38-36-. The first-order valence-electron chi connectivity index (χ1n) is 28.0. The van der Waals surface area contributed by atoms with E-state index in [1.807, 2.05) is 0 Å². The minimum atomic E-state index is -0.801. The number of allylic oxidation sites excluding steroid dienone is 20. The van der Waals surface area contributed by atoms with Gasteiger partial charge in [0.25, 0.3) is 0 Å². The van der Waals surface area contributed by atoms with Gasteiger partial charge in [0.15, 0.2) is 6.10 Å². The van der Waals surface area contributed by atoms with Crippen LogP contribution in [0.1, 0.15) is 239 Å². The van der Waals surface area contributed by atoms with Gasteiger partial charge in [0.05, 0.1) is 0 Å². The van der Waals surface area contributed by atoms with Crippen LogP contribution in [-0.2, 0) is 28.6 Å². The van der Waals surface area contributed by atoms with Gasteiger partial charge in [0, 0.05) is 19.3 Å². The summed E-state index contributed by atoms with van der Waals surface area (Å²) in [5.41, 5.74) is 0. The van der Waals surface area contributed by atoms with E-state index in [1.165, 1.54) is 51.4 Å². The van der Waals surface area contributed by atoms with E-state index in [2.05, 4.69) is 142 Å². The summed E-state index contributed by atoms with van der Waals surface area (Å²) in [6.07, 6.45) is 77.6. The van der Waals surface area contributed by atoms with Crippen molar-refractivity contribution in [2.45, 2.75) is 245 Å². The highest BCUT2D eigenvalue weighted by Crippen LogP contribution is 2.14. The van der Waals surface area contributed by atoms with Gasteiger partial charge in [-0.1, -0.05) is 219 Å². The zero-order valence-corrected chi connectivity index (χ0v) is 44.5. The summed E-state index contributed by atoms with van der Waals surface area (Å²) in [4.78, 5) is 38.1. The number of esters is 3. The number of carbonyl (C=O) groups is 3. The minimum absolute atomic E-state index is 0.0979. The van der Waals surface area contributed by atoms with E-state index in [0.717, 1.165) is 148 Å². The summed E-state index contributed by atoms with van der Waals surface area (Å²) < 4.78 is 16.8. The maximum absolute atomic E-state index is 12.8. The number of unbranched alkanes of at least 4 members (excludes halogenated alkanes) is 18. The Bertz CT molecular complexity index is 1470. The molecule has 0 aromatic heterocycles. The summed E-state index contributed by atoms with van der Waals surface area (Å²) in [6.45, 7) is 6.33. The molecule has 0 heterocycles. The molecule has 0 rings (SSSR count).